The van der Waals surface area contributed by atoms with E-state index in [0.29, 0.717) is 59.5 Å². The van der Waals surface area contributed by atoms with Crippen molar-refractivity contribution >= 4 is 22.1 Å². The summed E-state index contributed by atoms with van der Waals surface area (Å²) in [5.74, 6) is -1.15. The van der Waals surface area contributed by atoms with Gasteiger partial charge < -0.3 is 30.0 Å². The first-order valence-electron chi connectivity index (χ1n) is 17.5. The van der Waals surface area contributed by atoms with Gasteiger partial charge in [0.25, 0.3) is 11.1 Å². The number of rotatable bonds is 9. The molecule has 2 fully saturated rings. The molecule has 0 aliphatic carbocycles. The van der Waals surface area contributed by atoms with E-state index in [0.717, 1.165) is 76.7 Å². The zero-order valence-corrected chi connectivity index (χ0v) is 28.8. The molecule has 0 saturated carbocycles. The molecule has 0 unspecified atom stereocenters. The number of nitrogens with two attached hydrogens (primary N) is 1. The summed E-state index contributed by atoms with van der Waals surface area (Å²) in [6, 6.07) is 11.1. The summed E-state index contributed by atoms with van der Waals surface area (Å²) >= 11 is 0. The first-order valence-corrected chi connectivity index (χ1v) is 17.5. The van der Waals surface area contributed by atoms with Gasteiger partial charge in [0.2, 0.25) is 0 Å². The maximum absolute atomic E-state index is 13.6. The second kappa shape index (κ2) is 16.7. The Morgan fingerprint density at radius 1 is 0.706 bits per heavy atom. The Hall–Kier alpha value is -4.50. The highest BCUT2D eigenvalue weighted by atomic mass is 19.1. The number of halogens is 3. The molecule has 2 aliphatic heterocycles. The second-order valence-corrected chi connectivity index (χ2v) is 13.3. The van der Waals surface area contributed by atoms with Crippen molar-refractivity contribution in [2.75, 3.05) is 39.3 Å². The van der Waals surface area contributed by atoms with Crippen molar-refractivity contribution in [3.63, 3.8) is 0 Å². The zero-order valence-electron chi connectivity index (χ0n) is 28.8. The standard InChI is InChI=1S/C22H25F2N5O.C15H19FN4O/c1-15-19(24)10-16(12-25-15)13-26-18-4-6-28(7-5-18)8-9-29-21-11-17(23)14-27-20(21)2-3-22(29)30;16-11-9-14-13(18-10-11)1-2-15(21)20(14)8-7-19-5-3-12(17)4-6-19/h2-3,10-12,14,18,26H,4-9,13H2,1H3;1-2,9-10,12H,3-8,17H2. The molecule has 3 N–H and O–H groups in total. The van der Waals surface area contributed by atoms with Gasteiger partial charge in [0.05, 0.1) is 40.2 Å². The Labute approximate surface area is 293 Å². The molecule has 270 valence electrons. The van der Waals surface area contributed by atoms with Crippen LogP contribution >= 0.6 is 0 Å². The highest BCUT2D eigenvalue weighted by Gasteiger charge is 2.20. The lowest BCUT2D eigenvalue weighted by Gasteiger charge is -2.32. The molecule has 0 radical (unpaired) electrons. The molecule has 7 rings (SSSR count). The second-order valence-electron chi connectivity index (χ2n) is 13.3. The molecule has 0 aromatic carbocycles. The van der Waals surface area contributed by atoms with Gasteiger partial charge in [0.15, 0.2) is 0 Å². The number of aryl methyl sites for hydroxylation is 1. The van der Waals surface area contributed by atoms with E-state index in [2.05, 4.69) is 30.1 Å². The monoisotopic (exact) mass is 703 g/mol. The zero-order chi connectivity index (χ0) is 35.9. The minimum Gasteiger partial charge on any atom is -0.328 e. The first kappa shape index (κ1) is 36.3. The van der Waals surface area contributed by atoms with Crippen LogP contribution in [0.15, 0.2) is 70.6 Å². The predicted octanol–water partition coefficient (Wildman–Crippen LogP) is 3.59. The third-order valence-corrected chi connectivity index (χ3v) is 9.79. The van der Waals surface area contributed by atoms with Gasteiger partial charge in [-0.15, -0.1) is 0 Å². The summed E-state index contributed by atoms with van der Waals surface area (Å²) in [5, 5.41) is 3.48. The average molecular weight is 704 g/mol. The predicted molar refractivity (Wildman–Crippen MR) is 191 cm³/mol. The maximum Gasteiger partial charge on any atom is 0.251 e. The van der Waals surface area contributed by atoms with Crippen molar-refractivity contribution in [1.29, 1.82) is 0 Å². The van der Waals surface area contributed by atoms with Gasteiger partial charge in [-0.05, 0) is 82.5 Å². The molecule has 11 nitrogen and oxygen atoms in total. The summed E-state index contributed by atoms with van der Waals surface area (Å²) in [7, 11) is 0. The normalized spacial score (nSPS) is 16.4. The summed E-state index contributed by atoms with van der Waals surface area (Å²) in [6.45, 7) is 8.48. The number of aromatic nitrogens is 5. The van der Waals surface area contributed by atoms with Crippen molar-refractivity contribution < 1.29 is 13.2 Å². The molecule has 7 heterocycles. The fraction of sp³-hybridized carbons (Fsp3) is 0.432. The minimum atomic E-state index is -0.447. The third kappa shape index (κ3) is 9.44. The van der Waals surface area contributed by atoms with Crippen molar-refractivity contribution in [2.45, 2.75) is 64.3 Å². The van der Waals surface area contributed by atoms with Crippen molar-refractivity contribution in [3.8, 4) is 0 Å². The molecule has 5 aromatic rings. The van der Waals surface area contributed by atoms with E-state index in [1.54, 1.807) is 34.4 Å². The Morgan fingerprint density at radius 3 is 1.73 bits per heavy atom. The largest absolute Gasteiger partial charge is 0.328 e. The quantitative estimate of drug-likeness (QED) is 0.237. The van der Waals surface area contributed by atoms with Crippen LogP contribution in [0.2, 0.25) is 0 Å². The van der Waals surface area contributed by atoms with Gasteiger partial charge in [-0.1, -0.05) is 0 Å². The Bertz CT molecular complexity index is 2070. The molecule has 51 heavy (non-hydrogen) atoms. The van der Waals surface area contributed by atoms with Gasteiger partial charge >= 0.3 is 0 Å². The van der Waals surface area contributed by atoms with Gasteiger partial charge in [0.1, 0.15) is 17.5 Å². The van der Waals surface area contributed by atoms with E-state index >= 15 is 0 Å². The van der Waals surface area contributed by atoms with Crippen LogP contribution in [-0.2, 0) is 19.6 Å². The number of likely N-dealkylation sites (tertiary alicyclic amines) is 2. The van der Waals surface area contributed by atoms with Crippen LogP contribution in [0.1, 0.15) is 36.9 Å². The Morgan fingerprint density at radius 2 is 1.22 bits per heavy atom. The lowest BCUT2D eigenvalue weighted by molar-refractivity contribution is 0.191. The van der Waals surface area contributed by atoms with Crippen molar-refractivity contribution in [1.82, 2.24) is 39.2 Å². The summed E-state index contributed by atoms with van der Waals surface area (Å²) in [4.78, 5) is 41.1. The molecule has 0 bridgehead atoms. The van der Waals surface area contributed by atoms with Gasteiger partial charge in [-0.25, -0.2) is 13.2 Å². The van der Waals surface area contributed by atoms with Gasteiger partial charge in [-0.3, -0.25) is 24.5 Å². The number of fused-ring (bicyclic) bond motifs is 2. The van der Waals surface area contributed by atoms with E-state index in [4.69, 9.17) is 5.73 Å². The first-order chi connectivity index (χ1) is 24.6. The number of nitrogens with zero attached hydrogens (tertiary/aromatic N) is 7. The highest BCUT2D eigenvalue weighted by molar-refractivity contribution is 5.74. The molecule has 2 saturated heterocycles. The van der Waals surface area contributed by atoms with E-state index in [9.17, 15) is 22.8 Å². The number of pyridine rings is 5. The lowest BCUT2D eigenvalue weighted by atomic mass is 10.0. The molecule has 14 heteroatoms. The summed E-state index contributed by atoms with van der Waals surface area (Å²) in [5.41, 5.74) is 9.20. The number of hydrogen-bond donors (Lipinski definition) is 2. The minimum absolute atomic E-state index is 0.122. The van der Waals surface area contributed by atoms with Crippen LogP contribution < -0.4 is 22.2 Å². The fourth-order valence-corrected chi connectivity index (χ4v) is 6.67. The van der Waals surface area contributed by atoms with Crippen LogP contribution in [0.4, 0.5) is 13.2 Å². The van der Waals surface area contributed by atoms with E-state index < -0.39 is 11.6 Å². The molecule has 0 amide bonds. The molecule has 0 spiro atoms. The molecule has 2 aliphatic rings. The molecular formula is C37H44F3N9O2. The number of hydrogen-bond acceptors (Lipinski definition) is 9. The summed E-state index contributed by atoms with van der Waals surface area (Å²) < 4.78 is 43.8. The molecule has 5 aromatic heterocycles. The van der Waals surface area contributed by atoms with Gasteiger partial charge in [-0.2, -0.15) is 0 Å². The Kier molecular flexibility index (Phi) is 11.9. The van der Waals surface area contributed by atoms with E-state index in [1.807, 2.05) is 0 Å². The molecule has 0 atom stereocenters. The van der Waals surface area contributed by atoms with E-state index in [1.165, 1.54) is 36.5 Å². The SMILES string of the molecule is Cc1ncc(CNC2CCN(CCn3c(=O)ccc4ncc(F)cc43)CC2)cc1F.NC1CCN(CCn2c(=O)ccc3ncc(F)cc32)CC1. The highest BCUT2D eigenvalue weighted by Crippen LogP contribution is 2.15. The van der Waals surface area contributed by atoms with Gasteiger partial charge in [0, 0.05) is 75.3 Å². The number of piperidine rings is 2. The topological polar surface area (TPSA) is 127 Å². The number of nitrogens with one attached hydrogen (secondary N) is 1. The van der Waals surface area contributed by atoms with Crippen LogP contribution in [0.3, 0.4) is 0 Å². The van der Waals surface area contributed by atoms with Crippen LogP contribution in [0.25, 0.3) is 22.1 Å². The van der Waals surface area contributed by atoms with Crippen LogP contribution in [0, 0.1) is 24.4 Å². The average Bonchev–Trinajstić information content (AvgIpc) is 3.13. The van der Waals surface area contributed by atoms with E-state index in [-0.39, 0.29) is 16.9 Å². The molecular weight excluding hydrogens is 659 g/mol. The summed E-state index contributed by atoms with van der Waals surface area (Å²) in [6.07, 6.45) is 7.96. The smallest absolute Gasteiger partial charge is 0.251 e. The van der Waals surface area contributed by atoms with Crippen LogP contribution in [-0.4, -0.2) is 85.2 Å². The lowest BCUT2D eigenvalue weighted by Crippen LogP contribution is -2.43. The maximum atomic E-state index is 13.6. The van der Waals surface area contributed by atoms with Crippen LogP contribution in [0.5, 0.6) is 0 Å². The van der Waals surface area contributed by atoms with Crippen molar-refractivity contribution in [2.24, 2.45) is 5.73 Å². The fourth-order valence-electron chi connectivity index (χ4n) is 6.67. The van der Waals surface area contributed by atoms with Crippen molar-refractivity contribution in [3.05, 3.63) is 110 Å². The third-order valence-electron chi connectivity index (χ3n) is 9.79. The Balaban J connectivity index is 0.000000187.